The summed E-state index contributed by atoms with van der Waals surface area (Å²) in [5.41, 5.74) is 6.25. The van der Waals surface area contributed by atoms with Crippen LogP contribution in [0, 0.1) is 0 Å². The van der Waals surface area contributed by atoms with Gasteiger partial charge >= 0.3 is 0 Å². The van der Waals surface area contributed by atoms with Gasteiger partial charge in [-0.05, 0) is 67.6 Å². The van der Waals surface area contributed by atoms with Gasteiger partial charge in [-0.1, -0.05) is 76.6 Å². The second-order valence-corrected chi connectivity index (χ2v) is 11.4. The topological polar surface area (TPSA) is 34.6 Å². The highest BCUT2D eigenvalue weighted by molar-refractivity contribution is 9.11. The zero-order valence-electron chi connectivity index (χ0n) is 19.2. The van der Waals surface area contributed by atoms with Crippen LogP contribution in [0.3, 0.4) is 0 Å². The summed E-state index contributed by atoms with van der Waals surface area (Å²) in [7, 11) is 0. The summed E-state index contributed by atoms with van der Waals surface area (Å²) < 4.78 is 7.36. The molecule has 0 saturated heterocycles. The van der Waals surface area contributed by atoms with Gasteiger partial charge in [0.25, 0.3) is 0 Å². The number of nitrogens with zero attached hydrogens (tertiary/aromatic N) is 4. The second-order valence-electron chi connectivity index (χ2n) is 8.78. The minimum Gasteiger partial charge on any atom is -0.299 e. The Balaban J connectivity index is 0.000000126. The highest BCUT2D eigenvalue weighted by Gasteiger charge is 2.13. The minimum absolute atomic E-state index is 0.969. The van der Waals surface area contributed by atoms with Gasteiger partial charge in [-0.15, -0.1) is 0 Å². The quantitative estimate of drug-likeness (QED) is 0.161. The summed E-state index contributed by atoms with van der Waals surface area (Å²) in [4.78, 5) is 9.51. The van der Waals surface area contributed by atoms with Crippen LogP contribution in [0.15, 0.2) is 117 Å². The van der Waals surface area contributed by atoms with Gasteiger partial charge < -0.3 is 0 Å². The molecule has 0 spiro atoms. The average molecular weight is 673 g/mol. The maximum atomic E-state index is 4.80. The maximum absolute atomic E-state index is 4.80. The van der Waals surface area contributed by atoms with Crippen LogP contribution < -0.4 is 0 Å². The van der Waals surface area contributed by atoms with Gasteiger partial charge in [-0.25, -0.2) is 9.97 Å². The molecule has 0 saturated carbocycles. The molecule has 0 aliphatic heterocycles. The first-order chi connectivity index (χ1) is 18.1. The minimum atomic E-state index is 0.969. The molecule has 0 atom stereocenters. The lowest BCUT2D eigenvalue weighted by Crippen LogP contribution is -1.87. The molecule has 0 aliphatic rings. The molecule has 8 aromatic rings. The van der Waals surface area contributed by atoms with Crippen molar-refractivity contribution >= 4 is 103 Å². The first-order valence-electron chi connectivity index (χ1n) is 11.7. The van der Waals surface area contributed by atoms with Crippen LogP contribution >= 0.6 is 47.8 Å². The molecule has 0 N–H and O–H groups in total. The van der Waals surface area contributed by atoms with Gasteiger partial charge in [-0.2, -0.15) is 0 Å². The van der Waals surface area contributed by atoms with Crippen molar-refractivity contribution in [1.29, 1.82) is 0 Å². The number of halogens is 3. The molecule has 7 heteroatoms. The Morgan fingerprint density at radius 1 is 0.568 bits per heavy atom. The van der Waals surface area contributed by atoms with Gasteiger partial charge in [0.2, 0.25) is 0 Å². The van der Waals surface area contributed by atoms with Crippen molar-refractivity contribution in [2.75, 3.05) is 0 Å². The normalized spacial score (nSPS) is 11.6. The highest BCUT2D eigenvalue weighted by Crippen LogP contribution is 2.34. The van der Waals surface area contributed by atoms with E-state index in [1.165, 1.54) is 16.2 Å². The number of pyridine rings is 2. The van der Waals surface area contributed by atoms with E-state index in [1.807, 2.05) is 30.3 Å². The van der Waals surface area contributed by atoms with Crippen LogP contribution in [-0.2, 0) is 0 Å². The Morgan fingerprint density at radius 3 is 2.14 bits per heavy atom. The summed E-state index contributed by atoms with van der Waals surface area (Å²) in [5, 5.41) is 4.74. The van der Waals surface area contributed by atoms with Gasteiger partial charge in [0.1, 0.15) is 16.8 Å². The van der Waals surface area contributed by atoms with Crippen LogP contribution in [0.4, 0.5) is 0 Å². The SMILES string of the molecule is Brc1cc(Br)c2nc3c4ccccc4c(Br)cn3c2c1.c1ccc2c(c1)ccn1c3ccccc3nc21. The van der Waals surface area contributed by atoms with Crippen molar-refractivity contribution in [3.8, 4) is 0 Å². The van der Waals surface area contributed by atoms with E-state index in [4.69, 9.17) is 9.97 Å². The summed E-state index contributed by atoms with van der Waals surface area (Å²) >= 11 is 10.8. The first kappa shape index (κ1) is 22.9. The van der Waals surface area contributed by atoms with Crippen molar-refractivity contribution in [3.63, 3.8) is 0 Å². The van der Waals surface area contributed by atoms with Crippen molar-refractivity contribution < 1.29 is 0 Å². The van der Waals surface area contributed by atoms with Gasteiger partial charge in [-0.3, -0.25) is 8.80 Å². The van der Waals surface area contributed by atoms with E-state index in [2.05, 4.69) is 130 Å². The summed E-state index contributed by atoms with van der Waals surface area (Å²) in [5.74, 6) is 0. The van der Waals surface area contributed by atoms with E-state index in [0.717, 1.165) is 52.2 Å². The number of benzene rings is 4. The van der Waals surface area contributed by atoms with Crippen LogP contribution in [0.2, 0.25) is 0 Å². The monoisotopic (exact) mass is 670 g/mol. The van der Waals surface area contributed by atoms with Crippen LogP contribution in [0.1, 0.15) is 0 Å². The molecule has 0 amide bonds. The predicted octanol–water partition coefficient (Wildman–Crippen LogP) is 9.57. The lowest BCUT2D eigenvalue weighted by atomic mass is 10.2. The molecule has 0 fully saturated rings. The molecule has 4 aromatic carbocycles. The Bertz CT molecular complexity index is 2140. The van der Waals surface area contributed by atoms with Crippen LogP contribution in [0.5, 0.6) is 0 Å². The lowest BCUT2D eigenvalue weighted by Gasteiger charge is -2.04. The highest BCUT2D eigenvalue weighted by atomic mass is 79.9. The third-order valence-corrected chi connectivity index (χ3v) is 8.28. The number of imidazole rings is 2. The molecule has 0 aliphatic carbocycles. The molecule has 37 heavy (non-hydrogen) atoms. The Hall–Kier alpha value is -3.26. The largest absolute Gasteiger partial charge is 0.299 e. The third-order valence-electron chi connectivity index (χ3n) is 6.58. The van der Waals surface area contributed by atoms with Gasteiger partial charge in [0, 0.05) is 42.0 Å². The van der Waals surface area contributed by atoms with E-state index < -0.39 is 0 Å². The molecule has 0 bridgehead atoms. The lowest BCUT2D eigenvalue weighted by molar-refractivity contribution is 1.23. The molecule has 178 valence electrons. The summed E-state index contributed by atoms with van der Waals surface area (Å²) in [6, 6.07) is 31.1. The first-order valence-corrected chi connectivity index (χ1v) is 14.0. The van der Waals surface area contributed by atoms with Crippen LogP contribution in [-0.4, -0.2) is 18.8 Å². The zero-order chi connectivity index (χ0) is 25.1. The van der Waals surface area contributed by atoms with Gasteiger partial charge in [0.05, 0.1) is 16.6 Å². The molecular weight excluding hydrogens is 656 g/mol. The Morgan fingerprint density at radius 2 is 1.27 bits per heavy atom. The number of hydrogen-bond acceptors (Lipinski definition) is 2. The van der Waals surface area contributed by atoms with Crippen molar-refractivity contribution in [2.45, 2.75) is 0 Å². The van der Waals surface area contributed by atoms with Crippen molar-refractivity contribution in [2.24, 2.45) is 0 Å². The third kappa shape index (κ3) is 3.76. The fraction of sp³-hybridized carbons (Fsp3) is 0. The fourth-order valence-corrected chi connectivity index (χ4v) is 6.74. The predicted molar refractivity (Wildman–Crippen MR) is 164 cm³/mol. The fourth-order valence-electron chi connectivity index (χ4n) is 4.90. The average Bonchev–Trinajstić information content (AvgIpc) is 3.48. The number of aromatic nitrogens is 4. The molecule has 4 nitrogen and oxygen atoms in total. The molecule has 0 radical (unpaired) electrons. The molecule has 8 rings (SSSR count). The van der Waals surface area contributed by atoms with E-state index in [-0.39, 0.29) is 0 Å². The number of rotatable bonds is 0. The molecule has 4 heterocycles. The van der Waals surface area contributed by atoms with E-state index >= 15 is 0 Å². The summed E-state index contributed by atoms with van der Waals surface area (Å²) in [6.07, 6.45) is 4.17. The summed E-state index contributed by atoms with van der Waals surface area (Å²) in [6.45, 7) is 0. The smallest absolute Gasteiger partial charge is 0.145 e. The Kier molecular flexibility index (Phi) is 5.53. The van der Waals surface area contributed by atoms with Crippen LogP contribution in [0.25, 0.3) is 54.9 Å². The molecule has 0 unspecified atom stereocenters. The van der Waals surface area contributed by atoms with Gasteiger partial charge in [0.15, 0.2) is 0 Å². The standard InChI is InChI=1S/C15H7Br3N2.C15H10N2/c16-8-5-11(17)14-13(6-8)20-7-12(18)9-3-1-2-4-10(9)15(20)19-14;1-2-6-12-11(5-1)9-10-17-14-8-4-3-7-13(14)16-15(12)17/h1-7H;1-10H. The van der Waals surface area contributed by atoms with E-state index in [0.29, 0.717) is 0 Å². The second kappa shape index (κ2) is 8.94. The van der Waals surface area contributed by atoms with Crippen molar-refractivity contribution in [1.82, 2.24) is 18.8 Å². The maximum Gasteiger partial charge on any atom is 0.145 e. The number of fused-ring (bicyclic) bond motifs is 10. The molecular formula is C30H17Br3N4. The van der Waals surface area contributed by atoms with E-state index in [9.17, 15) is 0 Å². The zero-order valence-corrected chi connectivity index (χ0v) is 24.0. The van der Waals surface area contributed by atoms with E-state index in [1.54, 1.807) is 0 Å². The Labute approximate surface area is 236 Å². The van der Waals surface area contributed by atoms with Crippen molar-refractivity contribution in [3.05, 3.63) is 117 Å². The number of para-hydroxylation sites is 2. The molecule has 4 aromatic heterocycles. The number of hydrogen-bond donors (Lipinski definition) is 0.